The molecule has 29 heavy (non-hydrogen) atoms. The summed E-state index contributed by atoms with van der Waals surface area (Å²) in [7, 11) is 3.01. The van der Waals surface area contributed by atoms with Crippen molar-refractivity contribution < 1.29 is 19.6 Å². The van der Waals surface area contributed by atoms with Crippen molar-refractivity contribution in [1.82, 2.24) is 10.2 Å². The molecule has 9 heteroatoms. The van der Waals surface area contributed by atoms with E-state index in [1.54, 1.807) is 49.2 Å². The van der Waals surface area contributed by atoms with Crippen molar-refractivity contribution in [1.29, 1.82) is 0 Å². The fraction of sp³-hybridized carbons (Fsp3) is 0.200. The molecular formula is C20H19N3O5S. The zero-order valence-electron chi connectivity index (χ0n) is 16.0. The number of thiocarbonyl (C=S) groups is 1. The van der Waals surface area contributed by atoms with Gasteiger partial charge in [-0.25, -0.2) is 0 Å². The van der Waals surface area contributed by atoms with Gasteiger partial charge in [0.1, 0.15) is 0 Å². The molecule has 0 bridgehead atoms. The SMILES string of the molecule is COc1cc([N+](=O)[O-])cc(C2NC(=S)N(C)C(C)=C2C(=O)c2ccccc2)c1O. The van der Waals surface area contributed by atoms with Crippen molar-refractivity contribution in [3.05, 3.63) is 75.0 Å². The van der Waals surface area contributed by atoms with Gasteiger partial charge in [0.25, 0.3) is 5.69 Å². The van der Waals surface area contributed by atoms with Crippen LogP contribution in [0.4, 0.5) is 5.69 Å². The largest absolute Gasteiger partial charge is 0.504 e. The van der Waals surface area contributed by atoms with E-state index in [2.05, 4.69) is 5.32 Å². The van der Waals surface area contributed by atoms with E-state index in [4.69, 9.17) is 17.0 Å². The number of hydrogen-bond acceptors (Lipinski definition) is 6. The first-order valence-electron chi connectivity index (χ1n) is 8.66. The predicted octanol–water partition coefficient (Wildman–Crippen LogP) is 3.33. The second-order valence-electron chi connectivity index (χ2n) is 6.48. The van der Waals surface area contributed by atoms with E-state index in [9.17, 15) is 20.0 Å². The molecule has 2 N–H and O–H groups in total. The number of nitro groups is 1. The zero-order valence-corrected chi connectivity index (χ0v) is 16.8. The highest BCUT2D eigenvalue weighted by Crippen LogP contribution is 2.42. The van der Waals surface area contributed by atoms with E-state index in [1.165, 1.54) is 13.2 Å². The number of benzene rings is 2. The Morgan fingerprint density at radius 1 is 1.31 bits per heavy atom. The van der Waals surface area contributed by atoms with Crippen LogP contribution in [-0.2, 0) is 0 Å². The quantitative estimate of drug-likeness (QED) is 0.333. The van der Waals surface area contributed by atoms with Gasteiger partial charge in [-0.05, 0) is 19.1 Å². The molecule has 1 unspecified atom stereocenters. The van der Waals surface area contributed by atoms with E-state index < -0.39 is 11.0 Å². The maximum absolute atomic E-state index is 13.3. The summed E-state index contributed by atoms with van der Waals surface area (Å²) in [4.78, 5) is 25.7. The number of phenolic OH excluding ortho intramolecular Hbond substituents is 1. The van der Waals surface area contributed by atoms with Gasteiger partial charge in [-0.1, -0.05) is 30.3 Å². The van der Waals surface area contributed by atoms with Gasteiger partial charge in [-0.2, -0.15) is 0 Å². The first-order valence-corrected chi connectivity index (χ1v) is 9.07. The summed E-state index contributed by atoms with van der Waals surface area (Å²) in [6.45, 7) is 1.74. The number of ketones is 1. The third-order valence-electron chi connectivity index (χ3n) is 4.87. The maximum Gasteiger partial charge on any atom is 0.273 e. The van der Waals surface area contributed by atoms with Crippen LogP contribution in [0.3, 0.4) is 0 Å². The van der Waals surface area contributed by atoms with Crippen LogP contribution in [0.2, 0.25) is 0 Å². The Morgan fingerprint density at radius 3 is 2.55 bits per heavy atom. The Balaban J connectivity index is 2.24. The number of hydrogen-bond donors (Lipinski definition) is 2. The number of methoxy groups -OCH3 is 1. The van der Waals surface area contributed by atoms with Crippen molar-refractivity contribution in [3.63, 3.8) is 0 Å². The minimum Gasteiger partial charge on any atom is -0.504 e. The summed E-state index contributed by atoms with van der Waals surface area (Å²) in [5.74, 6) is -0.640. The minimum absolute atomic E-state index is 0.0648. The third-order valence-corrected chi connectivity index (χ3v) is 5.26. The average Bonchev–Trinajstić information content (AvgIpc) is 2.72. The van der Waals surface area contributed by atoms with Crippen LogP contribution in [-0.4, -0.2) is 40.0 Å². The normalized spacial score (nSPS) is 16.4. The van der Waals surface area contributed by atoms with Gasteiger partial charge in [0.05, 0.1) is 24.1 Å². The Kier molecular flexibility index (Phi) is 5.51. The summed E-state index contributed by atoms with van der Waals surface area (Å²) >= 11 is 5.35. The lowest BCUT2D eigenvalue weighted by Crippen LogP contribution is -2.45. The topological polar surface area (TPSA) is 105 Å². The molecule has 8 nitrogen and oxygen atoms in total. The molecule has 1 heterocycles. The summed E-state index contributed by atoms with van der Waals surface area (Å²) in [5, 5.41) is 25.4. The number of phenols is 1. The number of aromatic hydroxyl groups is 1. The van der Waals surface area contributed by atoms with Gasteiger partial charge in [0.2, 0.25) is 0 Å². The Morgan fingerprint density at radius 2 is 1.97 bits per heavy atom. The number of nitrogens with zero attached hydrogens (tertiary/aromatic N) is 2. The molecule has 2 aromatic rings. The fourth-order valence-electron chi connectivity index (χ4n) is 3.20. The van der Waals surface area contributed by atoms with Crippen LogP contribution in [0, 0.1) is 10.1 Å². The first-order chi connectivity index (χ1) is 13.8. The number of ether oxygens (including phenoxy) is 1. The monoisotopic (exact) mass is 413 g/mol. The molecule has 0 aromatic heterocycles. The van der Waals surface area contributed by atoms with Crippen molar-refractivity contribution in [2.45, 2.75) is 13.0 Å². The molecule has 0 radical (unpaired) electrons. The molecule has 0 spiro atoms. The lowest BCUT2D eigenvalue weighted by atomic mass is 9.88. The van der Waals surface area contributed by atoms with Crippen molar-refractivity contribution >= 4 is 28.8 Å². The highest BCUT2D eigenvalue weighted by atomic mass is 32.1. The first kappa shape index (κ1) is 20.3. The maximum atomic E-state index is 13.3. The lowest BCUT2D eigenvalue weighted by Gasteiger charge is -2.36. The number of carbonyl (C=O) groups is 1. The summed E-state index contributed by atoms with van der Waals surface area (Å²) in [5.41, 5.74) is 1.21. The number of rotatable bonds is 5. The smallest absolute Gasteiger partial charge is 0.273 e. The minimum atomic E-state index is -0.889. The predicted molar refractivity (Wildman–Crippen MR) is 111 cm³/mol. The molecular weight excluding hydrogens is 394 g/mol. The van der Waals surface area contributed by atoms with Crippen LogP contribution in [0.1, 0.15) is 28.9 Å². The molecule has 1 aliphatic heterocycles. The molecule has 3 rings (SSSR count). The highest BCUT2D eigenvalue weighted by Gasteiger charge is 2.36. The number of non-ortho nitro benzene ring substituents is 1. The Hall–Kier alpha value is -3.46. The summed E-state index contributed by atoms with van der Waals surface area (Å²) in [6, 6.07) is 10.1. The van der Waals surface area contributed by atoms with Crippen LogP contribution in [0.5, 0.6) is 11.5 Å². The van der Waals surface area contributed by atoms with E-state index in [-0.39, 0.29) is 28.5 Å². The molecule has 0 fully saturated rings. The summed E-state index contributed by atoms with van der Waals surface area (Å²) < 4.78 is 5.10. The Labute approximate surface area is 172 Å². The van der Waals surface area contributed by atoms with E-state index in [0.717, 1.165) is 6.07 Å². The zero-order chi connectivity index (χ0) is 21.3. The van der Waals surface area contributed by atoms with Crippen LogP contribution in [0.25, 0.3) is 0 Å². The standard InChI is InChI=1S/C20H19N3O5S/c1-11-16(18(24)12-7-5-4-6-8-12)17(21-20(29)22(11)2)14-9-13(23(26)27)10-15(28-3)19(14)25/h4-10,17,25H,1-3H3,(H,21,29). The number of Topliss-reactive ketones (excluding diaryl/α,β-unsaturated/α-hetero) is 1. The van der Waals surface area contributed by atoms with Crippen LogP contribution in [0.15, 0.2) is 53.7 Å². The molecule has 0 saturated heterocycles. The molecule has 2 aromatic carbocycles. The lowest BCUT2D eigenvalue weighted by molar-refractivity contribution is -0.385. The van der Waals surface area contributed by atoms with E-state index in [1.807, 2.05) is 0 Å². The highest BCUT2D eigenvalue weighted by molar-refractivity contribution is 7.80. The Bertz CT molecular complexity index is 1040. The van der Waals surface area contributed by atoms with Crippen molar-refractivity contribution in [3.8, 4) is 11.5 Å². The molecule has 0 saturated carbocycles. The van der Waals surface area contributed by atoms with Gasteiger partial charge >= 0.3 is 0 Å². The molecule has 1 atom stereocenters. The molecule has 0 aliphatic carbocycles. The van der Waals surface area contributed by atoms with Crippen molar-refractivity contribution in [2.75, 3.05) is 14.2 Å². The molecule has 1 aliphatic rings. The number of nitro benzene ring substituents is 1. The van der Waals surface area contributed by atoms with Crippen LogP contribution >= 0.6 is 12.2 Å². The van der Waals surface area contributed by atoms with Gasteiger partial charge in [-0.3, -0.25) is 14.9 Å². The van der Waals surface area contributed by atoms with Crippen molar-refractivity contribution in [2.24, 2.45) is 0 Å². The van der Waals surface area contributed by atoms with Gasteiger partial charge in [0, 0.05) is 35.5 Å². The van der Waals surface area contributed by atoms with Crippen LogP contribution < -0.4 is 10.1 Å². The number of nitrogens with one attached hydrogen (secondary N) is 1. The van der Waals surface area contributed by atoms with E-state index in [0.29, 0.717) is 21.9 Å². The third kappa shape index (κ3) is 3.64. The number of allylic oxidation sites excluding steroid dienone is 1. The molecule has 150 valence electrons. The molecule has 0 amide bonds. The number of carbonyl (C=O) groups excluding carboxylic acids is 1. The fourth-order valence-corrected chi connectivity index (χ4v) is 3.46. The van der Waals surface area contributed by atoms with Gasteiger partial charge in [0.15, 0.2) is 22.4 Å². The van der Waals surface area contributed by atoms with E-state index >= 15 is 0 Å². The second-order valence-corrected chi connectivity index (χ2v) is 6.87. The van der Waals surface area contributed by atoms with Gasteiger partial charge in [-0.15, -0.1) is 0 Å². The summed E-state index contributed by atoms with van der Waals surface area (Å²) in [6.07, 6.45) is 0. The average molecular weight is 413 g/mol. The van der Waals surface area contributed by atoms with Gasteiger partial charge < -0.3 is 20.1 Å². The second kappa shape index (κ2) is 7.88.